The number of rotatable bonds is 3. The minimum Gasteiger partial charge on any atom is -0.381 e. The van der Waals surface area contributed by atoms with Gasteiger partial charge in [0.05, 0.1) is 0 Å². The van der Waals surface area contributed by atoms with Crippen LogP contribution in [0.5, 0.6) is 0 Å². The summed E-state index contributed by atoms with van der Waals surface area (Å²) in [6, 6.07) is 0. The van der Waals surface area contributed by atoms with Crippen molar-refractivity contribution in [3.05, 3.63) is 0 Å². The smallest absolute Gasteiger partial charge is 0.179 e. The molecule has 0 N–H and O–H groups in total. The van der Waals surface area contributed by atoms with E-state index in [1.165, 1.54) is 12.8 Å². The molecule has 0 aromatic rings. The number of hydrogen-bond donors (Lipinski definition) is 0. The van der Waals surface area contributed by atoms with Crippen LogP contribution in [-0.2, 0) is 4.74 Å². The molecule has 0 aromatic heterocycles. The van der Waals surface area contributed by atoms with Crippen molar-refractivity contribution < 1.29 is 4.74 Å². The predicted octanol–water partition coefficient (Wildman–Crippen LogP) is 1.22. The Morgan fingerprint density at radius 2 is 2.17 bits per heavy atom. The average Bonchev–Trinajstić information content (AvgIpc) is 2.16. The van der Waals surface area contributed by atoms with Crippen LogP contribution in [0.1, 0.15) is 19.3 Å². The zero-order valence-corrected chi connectivity index (χ0v) is 7.62. The van der Waals surface area contributed by atoms with Gasteiger partial charge in [-0.05, 0) is 25.2 Å². The molecule has 0 atom stereocenters. The standard InChI is InChI=1S/C9H16N2O/c1-11(8-10)5-2-9-3-6-12-7-4-9/h9H,2-7H2,1H3. The van der Waals surface area contributed by atoms with Crippen molar-refractivity contribution in [2.24, 2.45) is 5.92 Å². The fraction of sp³-hybridized carbons (Fsp3) is 0.889. The average molecular weight is 168 g/mol. The van der Waals surface area contributed by atoms with Gasteiger partial charge in [0.15, 0.2) is 6.19 Å². The summed E-state index contributed by atoms with van der Waals surface area (Å²) in [6.07, 6.45) is 5.57. The Morgan fingerprint density at radius 1 is 1.50 bits per heavy atom. The third kappa shape index (κ3) is 3.10. The zero-order valence-electron chi connectivity index (χ0n) is 7.62. The second kappa shape index (κ2) is 5.00. The van der Waals surface area contributed by atoms with Crippen molar-refractivity contribution in [1.29, 1.82) is 5.26 Å². The van der Waals surface area contributed by atoms with E-state index in [0.29, 0.717) is 0 Å². The highest BCUT2D eigenvalue weighted by Crippen LogP contribution is 2.18. The monoisotopic (exact) mass is 168 g/mol. The lowest BCUT2D eigenvalue weighted by molar-refractivity contribution is 0.0624. The molecule has 1 aliphatic heterocycles. The van der Waals surface area contributed by atoms with Crippen LogP contribution in [-0.4, -0.2) is 31.7 Å². The van der Waals surface area contributed by atoms with E-state index in [2.05, 4.69) is 6.19 Å². The maximum Gasteiger partial charge on any atom is 0.179 e. The van der Waals surface area contributed by atoms with Crippen LogP contribution < -0.4 is 0 Å². The Labute approximate surface area is 73.9 Å². The molecule has 0 unspecified atom stereocenters. The maximum absolute atomic E-state index is 8.52. The van der Waals surface area contributed by atoms with Gasteiger partial charge in [0, 0.05) is 26.8 Å². The van der Waals surface area contributed by atoms with Crippen LogP contribution in [0.2, 0.25) is 0 Å². The quantitative estimate of drug-likeness (QED) is 0.469. The molecule has 0 aromatic carbocycles. The lowest BCUT2D eigenvalue weighted by Crippen LogP contribution is -2.21. The third-order valence-corrected chi connectivity index (χ3v) is 2.38. The molecule has 1 aliphatic rings. The predicted molar refractivity (Wildman–Crippen MR) is 46.4 cm³/mol. The Kier molecular flexibility index (Phi) is 3.89. The van der Waals surface area contributed by atoms with Crippen LogP contribution in [0.25, 0.3) is 0 Å². The molecule has 68 valence electrons. The van der Waals surface area contributed by atoms with E-state index in [-0.39, 0.29) is 0 Å². The molecular formula is C9H16N2O. The molecule has 0 saturated carbocycles. The van der Waals surface area contributed by atoms with Gasteiger partial charge in [-0.15, -0.1) is 0 Å². The molecule has 0 radical (unpaired) electrons. The molecule has 12 heavy (non-hydrogen) atoms. The summed E-state index contributed by atoms with van der Waals surface area (Å²) in [7, 11) is 1.83. The minimum atomic E-state index is 0.773. The van der Waals surface area contributed by atoms with E-state index in [0.717, 1.165) is 32.1 Å². The summed E-state index contributed by atoms with van der Waals surface area (Å²) < 4.78 is 5.25. The van der Waals surface area contributed by atoms with Gasteiger partial charge in [0.1, 0.15) is 0 Å². The van der Waals surface area contributed by atoms with Crippen molar-refractivity contribution in [3.8, 4) is 6.19 Å². The molecule has 0 bridgehead atoms. The molecule has 3 heteroatoms. The SMILES string of the molecule is CN(C#N)CCC1CCOCC1. The first-order valence-electron chi connectivity index (χ1n) is 4.51. The van der Waals surface area contributed by atoms with E-state index in [1.807, 2.05) is 7.05 Å². The Balaban J connectivity index is 2.10. The highest BCUT2D eigenvalue weighted by atomic mass is 16.5. The lowest BCUT2D eigenvalue weighted by Gasteiger charge is -2.22. The first-order chi connectivity index (χ1) is 5.83. The van der Waals surface area contributed by atoms with Crippen molar-refractivity contribution in [3.63, 3.8) is 0 Å². The zero-order chi connectivity index (χ0) is 8.81. The molecule has 0 spiro atoms. The highest BCUT2D eigenvalue weighted by Gasteiger charge is 2.13. The van der Waals surface area contributed by atoms with Crippen LogP contribution in [0, 0.1) is 17.4 Å². The van der Waals surface area contributed by atoms with Crippen molar-refractivity contribution in [1.82, 2.24) is 4.90 Å². The Morgan fingerprint density at radius 3 is 2.75 bits per heavy atom. The number of nitriles is 1. The molecule has 0 amide bonds. The fourth-order valence-corrected chi connectivity index (χ4v) is 1.46. The summed E-state index contributed by atoms with van der Waals surface area (Å²) in [4.78, 5) is 1.69. The Hall–Kier alpha value is -0.750. The number of hydrogen-bond acceptors (Lipinski definition) is 3. The molecular weight excluding hydrogens is 152 g/mol. The minimum absolute atomic E-state index is 0.773. The van der Waals surface area contributed by atoms with Gasteiger partial charge in [-0.3, -0.25) is 0 Å². The number of nitrogens with zero attached hydrogens (tertiary/aromatic N) is 2. The van der Waals surface area contributed by atoms with Crippen molar-refractivity contribution >= 4 is 0 Å². The molecule has 1 fully saturated rings. The van der Waals surface area contributed by atoms with Gasteiger partial charge >= 0.3 is 0 Å². The summed E-state index contributed by atoms with van der Waals surface area (Å²) in [5.74, 6) is 0.773. The summed E-state index contributed by atoms with van der Waals surface area (Å²) in [5.41, 5.74) is 0. The largest absolute Gasteiger partial charge is 0.381 e. The summed E-state index contributed by atoms with van der Waals surface area (Å²) in [5, 5.41) is 8.52. The van der Waals surface area contributed by atoms with E-state index in [4.69, 9.17) is 10.00 Å². The van der Waals surface area contributed by atoms with Gasteiger partial charge in [0.25, 0.3) is 0 Å². The van der Waals surface area contributed by atoms with Crippen LogP contribution in [0.4, 0.5) is 0 Å². The molecule has 0 aliphatic carbocycles. The van der Waals surface area contributed by atoms with Crippen molar-refractivity contribution in [2.45, 2.75) is 19.3 Å². The Bertz CT molecular complexity index is 158. The van der Waals surface area contributed by atoms with Crippen LogP contribution >= 0.6 is 0 Å². The van der Waals surface area contributed by atoms with Gasteiger partial charge in [-0.25, -0.2) is 0 Å². The van der Waals surface area contributed by atoms with Crippen molar-refractivity contribution in [2.75, 3.05) is 26.8 Å². The van der Waals surface area contributed by atoms with E-state index in [1.54, 1.807) is 4.90 Å². The molecule has 3 nitrogen and oxygen atoms in total. The van der Waals surface area contributed by atoms with Gasteiger partial charge in [-0.1, -0.05) is 0 Å². The van der Waals surface area contributed by atoms with E-state index in [9.17, 15) is 0 Å². The highest BCUT2D eigenvalue weighted by molar-refractivity contribution is 4.71. The lowest BCUT2D eigenvalue weighted by atomic mass is 9.96. The van der Waals surface area contributed by atoms with Gasteiger partial charge < -0.3 is 9.64 Å². The van der Waals surface area contributed by atoms with E-state index < -0.39 is 0 Å². The normalized spacial score (nSPS) is 18.7. The third-order valence-electron chi connectivity index (χ3n) is 2.38. The van der Waals surface area contributed by atoms with Crippen LogP contribution in [0.15, 0.2) is 0 Å². The second-order valence-electron chi connectivity index (χ2n) is 3.37. The summed E-state index contributed by atoms with van der Waals surface area (Å²) >= 11 is 0. The number of ether oxygens (including phenoxy) is 1. The summed E-state index contributed by atoms with van der Waals surface area (Å²) in [6.45, 7) is 2.70. The maximum atomic E-state index is 8.52. The molecule has 1 heterocycles. The van der Waals surface area contributed by atoms with E-state index >= 15 is 0 Å². The molecule has 1 rings (SSSR count). The molecule has 1 saturated heterocycles. The fourth-order valence-electron chi connectivity index (χ4n) is 1.46. The topological polar surface area (TPSA) is 36.3 Å². The second-order valence-corrected chi connectivity index (χ2v) is 3.37. The van der Waals surface area contributed by atoms with Gasteiger partial charge in [0.2, 0.25) is 0 Å². The first-order valence-corrected chi connectivity index (χ1v) is 4.51. The first kappa shape index (κ1) is 9.34. The van der Waals surface area contributed by atoms with Gasteiger partial charge in [-0.2, -0.15) is 5.26 Å². The van der Waals surface area contributed by atoms with Crippen LogP contribution in [0.3, 0.4) is 0 Å².